The van der Waals surface area contributed by atoms with E-state index in [0.717, 1.165) is 12.6 Å². The van der Waals surface area contributed by atoms with Crippen molar-refractivity contribution in [2.45, 2.75) is 25.8 Å². The predicted molar refractivity (Wildman–Crippen MR) is 44.2 cm³/mol. The highest BCUT2D eigenvalue weighted by atomic mass is 15.2. The summed E-state index contributed by atoms with van der Waals surface area (Å²) < 4.78 is 0. The van der Waals surface area contributed by atoms with Crippen LogP contribution in [-0.4, -0.2) is 37.6 Å². The Morgan fingerprint density at radius 1 is 1.50 bits per heavy atom. The summed E-state index contributed by atoms with van der Waals surface area (Å²) in [5.41, 5.74) is 0. The van der Waals surface area contributed by atoms with Crippen LogP contribution in [0.5, 0.6) is 0 Å². The minimum atomic E-state index is 0.929. The second-order valence-electron chi connectivity index (χ2n) is 2.96. The Labute approximate surface area is 63.6 Å². The van der Waals surface area contributed by atoms with Gasteiger partial charge in [0.15, 0.2) is 0 Å². The minimum Gasteiger partial charge on any atom is -0.318 e. The molecule has 0 aromatic carbocycles. The predicted octanol–water partition coefficient (Wildman–Crippen LogP) is 0.690. The molecule has 0 heterocycles. The van der Waals surface area contributed by atoms with E-state index in [1.807, 2.05) is 7.05 Å². The number of likely N-dealkylation sites (N-methyl/N-ethyl adjacent to an activating group) is 2. The van der Waals surface area contributed by atoms with Gasteiger partial charge in [-0.15, -0.1) is 0 Å². The van der Waals surface area contributed by atoms with Crippen LogP contribution in [0.25, 0.3) is 0 Å². The minimum absolute atomic E-state index is 0.929. The quantitative estimate of drug-likeness (QED) is 0.607. The monoisotopic (exact) mass is 142 g/mol. The van der Waals surface area contributed by atoms with Crippen molar-refractivity contribution in [2.24, 2.45) is 0 Å². The van der Waals surface area contributed by atoms with Crippen LogP contribution < -0.4 is 5.32 Å². The fraction of sp³-hybridized carbons (Fsp3) is 1.00. The van der Waals surface area contributed by atoms with E-state index in [2.05, 4.69) is 17.1 Å². The molecule has 0 saturated heterocycles. The second-order valence-corrected chi connectivity index (χ2v) is 2.96. The van der Waals surface area contributed by atoms with Crippen molar-refractivity contribution in [3.05, 3.63) is 0 Å². The van der Waals surface area contributed by atoms with Gasteiger partial charge in [0.25, 0.3) is 0 Å². The van der Waals surface area contributed by atoms with E-state index in [9.17, 15) is 0 Å². The third-order valence-electron chi connectivity index (χ3n) is 2.12. The van der Waals surface area contributed by atoms with Gasteiger partial charge in [0.1, 0.15) is 0 Å². The van der Waals surface area contributed by atoms with Gasteiger partial charge in [-0.1, -0.05) is 6.92 Å². The lowest BCUT2D eigenvalue weighted by molar-refractivity contribution is 0.280. The van der Waals surface area contributed by atoms with Crippen molar-refractivity contribution in [1.82, 2.24) is 10.2 Å². The summed E-state index contributed by atoms with van der Waals surface area (Å²) in [7, 11) is 2.01. The molecule has 1 N–H and O–H groups in total. The summed E-state index contributed by atoms with van der Waals surface area (Å²) in [5.74, 6) is 0. The fourth-order valence-electron chi connectivity index (χ4n) is 1.29. The Kier molecular flexibility index (Phi) is 3.16. The molecule has 2 nitrogen and oxygen atoms in total. The van der Waals surface area contributed by atoms with Crippen molar-refractivity contribution in [1.29, 1.82) is 0 Å². The van der Waals surface area contributed by atoms with Crippen LogP contribution in [0.15, 0.2) is 0 Å². The molecule has 0 unspecified atom stereocenters. The lowest BCUT2D eigenvalue weighted by Gasteiger charge is -2.18. The summed E-state index contributed by atoms with van der Waals surface area (Å²) in [6, 6.07) is 0.929. The van der Waals surface area contributed by atoms with Gasteiger partial charge in [0.05, 0.1) is 0 Å². The molecule has 60 valence electrons. The van der Waals surface area contributed by atoms with Crippen molar-refractivity contribution in [3.63, 3.8) is 0 Å². The molecule has 0 aromatic rings. The first-order chi connectivity index (χ1) is 4.88. The summed E-state index contributed by atoms with van der Waals surface area (Å²) in [4.78, 5) is 2.55. The average molecular weight is 142 g/mol. The molecule has 0 amide bonds. The van der Waals surface area contributed by atoms with Gasteiger partial charge in [-0.25, -0.2) is 0 Å². The van der Waals surface area contributed by atoms with Gasteiger partial charge in [-0.2, -0.15) is 0 Å². The number of hydrogen-bond donors (Lipinski definition) is 1. The Hall–Kier alpha value is -0.0800. The van der Waals surface area contributed by atoms with Crippen LogP contribution in [0.4, 0.5) is 0 Å². The highest BCUT2D eigenvalue weighted by Crippen LogP contribution is 2.25. The maximum Gasteiger partial charge on any atom is 0.0110 e. The molecule has 0 aromatic heterocycles. The van der Waals surface area contributed by atoms with Crippen molar-refractivity contribution in [2.75, 3.05) is 26.7 Å². The number of nitrogens with zero attached hydrogens (tertiary/aromatic N) is 1. The van der Waals surface area contributed by atoms with E-state index in [1.54, 1.807) is 0 Å². The molecule has 1 aliphatic rings. The first-order valence-electron chi connectivity index (χ1n) is 4.27. The van der Waals surface area contributed by atoms with Crippen molar-refractivity contribution >= 4 is 0 Å². The highest BCUT2D eigenvalue weighted by molar-refractivity contribution is 4.83. The SMILES string of the molecule is CCN(CCNC)C1CC1. The first kappa shape index (κ1) is 8.02. The third-order valence-corrected chi connectivity index (χ3v) is 2.12. The molecule has 0 spiro atoms. The zero-order valence-electron chi connectivity index (χ0n) is 7.06. The Morgan fingerprint density at radius 3 is 2.60 bits per heavy atom. The normalized spacial score (nSPS) is 18.3. The van der Waals surface area contributed by atoms with Gasteiger partial charge in [0, 0.05) is 19.1 Å². The lowest BCUT2D eigenvalue weighted by atomic mass is 10.4. The molecular formula is C8H18N2. The number of hydrogen-bond acceptors (Lipinski definition) is 2. The van der Waals surface area contributed by atoms with Gasteiger partial charge < -0.3 is 5.32 Å². The van der Waals surface area contributed by atoms with E-state index in [-0.39, 0.29) is 0 Å². The molecule has 0 radical (unpaired) electrons. The molecular weight excluding hydrogens is 124 g/mol. The molecule has 0 bridgehead atoms. The molecule has 1 fully saturated rings. The Morgan fingerprint density at radius 2 is 2.20 bits per heavy atom. The molecule has 0 aliphatic heterocycles. The van der Waals surface area contributed by atoms with Gasteiger partial charge in [-0.3, -0.25) is 4.90 Å². The van der Waals surface area contributed by atoms with Crippen molar-refractivity contribution in [3.8, 4) is 0 Å². The Balaban J connectivity index is 2.07. The van der Waals surface area contributed by atoms with Crippen LogP contribution in [0, 0.1) is 0 Å². The standard InChI is InChI=1S/C8H18N2/c1-3-10(7-6-9-2)8-4-5-8/h8-9H,3-7H2,1-2H3. The topological polar surface area (TPSA) is 15.3 Å². The molecule has 1 aliphatic carbocycles. The summed E-state index contributed by atoms with van der Waals surface area (Å²) in [5, 5.41) is 3.17. The molecule has 1 rings (SSSR count). The van der Waals surface area contributed by atoms with Crippen LogP contribution in [-0.2, 0) is 0 Å². The second kappa shape index (κ2) is 3.94. The first-order valence-corrected chi connectivity index (χ1v) is 4.27. The average Bonchev–Trinajstić information content (AvgIpc) is 2.73. The largest absolute Gasteiger partial charge is 0.318 e. The summed E-state index contributed by atoms with van der Waals surface area (Å²) in [6.07, 6.45) is 2.86. The maximum absolute atomic E-state index is 3.17. The van der Waals surface area contributed by atoms with Crippen LogP contribution in [0.1, 0.15) is 19.8 Å². The maximum atomic E-state index is 3.17. The van der Waals surface area contributed by atoms with Gasteiger partial charge >= 0.3 is 0 Å². The van der Waals surface area contributed by atoms with E-state index in [0.29, 0.717) is 0 Å². The van der Waals surface area contributed by atoms with Gasteiger partial charge in [0.2, 0.25) is 0 Å². The van der Waals surface area contributed by atoms with Crippen LogP contribution in [0.2, 0.25) is 0 Å². The van der Waals surface area contributed by atoms with Crippen LogP contribution >= 0.6 is 0 Å². The Bertz CT molecular complexity index is 89.3. The zero-order valence-corrected chi connectivity index (χ0v) is 7.06. The highest BCUT2D eigenvalue weighted by Gasteiger charge is 2.26. The summed E-state index contributed by atoms with van der Waals surface area (Å²) in [6.45, 7) is 5.81. The van der Waals surface area contributed by atoms with E-state index in [1.165, 1.54) is 25.9 Å². The molecule has 1 saturated carbocycles. The number of rotatable bonds is 5. The smallest absolute Gasteiger partial charge is 0.0110 e. The zero-order chi connectivity index (χ0) is 7.40. The molecule has 2 heteroatoms. The lowest BCUT2D eigenvalue weighted by Crippen LogP contribution is -2.32. The molecule has 0 atom stereocenters. The fourth-order valence-corrected chi connectivity index (χ4v) is 1.29. The third kappa shape index (κ3) is 2.27. The summed E-state index contributed by atoms with van der Waals surface area (Å²) >= 11 is 0. The van der Waals surface area contributed by atoms with Gasteiger partial charge in [-0.05, 0) is 26.4 Å². The van der Waals surface area contributed by atoms with Crippen LogP contribution in [0.3, 0.4) is 0 Å². The van der Waals surface area contributed by atoms with E-state index in [4.69, 9.17) is 0 Å². The number of nitrogens with one attached hydrogen (secondary N) is 1. The van der Waals surface area contributed by atoms with E-state index >= 15 is 0 Å². The van der Waals surface area contributed by atoms with Crippen molar-refractivity contribution < 1.29 is 0 Å². The van der Waals surface area contributed by atoms with E-state index < -0.39 is 0 Å². The molecule has 10 heavy (non-hydrogen) atoms.